The number of carbonyl (C=O) groups is 1. The maximum absolute atomic E-state index is 10.8. The summed E-state index contributed by atoms with van der Waals surface area (Å²) in [6.07, 6.45) is 0. The van der Waals surface area contributed by atoms with E-state index in [-0.39, 0.29) is 11.6 Å². The quantitative estimate of drug-likeness (QED) is 0.182. The maximum Gasteiger partial charge on any atom is 0.341 e. The number of hydrogen-bond donors (Lipinski definition) is 3. The van der Waals surface area contributed by atoms with Gasteiger partial charge in [0, 0.05) is 5.56 Å². The first kappa shape index (κ1) is 19.6. The normalized spacial score (nSPS) is 11.4. The Balaban J connectivity index is 1.89. The number of benzene rings is 3. The molecule has 0 heterocycles. The molecule has 0 aliphatic carbocycles. The van der Waals surface area contributed by atoms with Crippen molar-refractivity contribution in [1.82, 2.24) is 0 Å². The lowest BCUT2D eigenvalue weighted by molar-refractivity contribution is -0.139. The fraction of sp³-hybridized carbons (Fsp3) is 0.0476. The molecule has 146 valence electrons. The van der Waals surface area contributed by atoms with Crippen LogP contribution in [0.5, 0.6) is 11.5 Å². The van der Waals surface area contributed by atoms with Gasteiger partial charge in [-0.3, -0.25) is 5.43 Å². The van der Waals surface area contributed by atoms with Crippen LogP contribution in [-0.2, 0) is 4.79 Å². The summed E-state index contributed by atoms with van der Waals surface area (Å²) in [7, 11) is 0. The molecule has 0 amide bonds. The van der Waals surface area contributed by atoms with Gasteiger partial charge in [-0.1, -0.05) is 54.6 Å². The van der Waals surface area contributed by atoms with Crippen LogP contribution in [0.25, 0.3) is 0 Å². The topological polar surface area (TPSA) is 116 Å². The van der Waals surface area contributed by atoms with Gasteiger partial charge in [-0.25, -0.2) is 4.79 Å². The van der Waals surface area contributed by atoms with E-state index in [1.54, 1.807) is 42.5 Å². The Hall–Kier alpha value is -4.20. The van der Waals surface area contributed by atoms with Gasteiger partial charge in [-0.05, 0) is 24.3 Å². The van der Waals surface area contributed by atoms with Gasteiger partial charge in [0.2, 0.25) is 5.84 Å². The molecule has 8 heteroatoms. The summed E-state index contributed by atoms with van der Waals surface area (Å²) in [6, 6.07) is 22.6. The molecule has 0 aliphatic rings. The maximum atomic E-state index is 10.8. The number of amidine groups is 1. The number of rotatable bonds is 7. The number of ether oxygens (including phenoxy) is 1. The number of phenolic OH excluding ortho intramolecular Hbond substituents is 1. The number of aromatic hydroxyl groups is 1. The fourth-order valence-corrected chi connectivity index (χ4v) is 2.32. The summed E-state index contributed by atoms with van der Waals surface area (Å²) in [5.74, 6) is -0.482. The Kier molecular flexibility index (Phi) is 6.51. The Bertz CT molecular complexity index is 1040. The average Bonchev–Trinajstić information content (AvgIpc) is 2.74. The number of phenols is 1. The van der Waals surface area contributed by atoms with Crippen LogP contribution in [0.2, 0.25) is 0 Å². The molecule has 3 rings (SSSR count). The summed E-state index contributed by atoms with van der Waals surface area (Å²) < 4.78 is 5.24. The molecule has 3 aromatic carbocycles. The molecule has 3 aromatic rings. The predicted molar refractivity (Wildman–Crippen MR) is 109 cm³/mol. The highest BCUT2D eigenvalue weighted by Crippen LogP contribution is 2.27. The summed E-state index contributed by atoms with van der Waals surface area (Å²) in [6.45, 7) is -0.485. The standard InChI is InChI=1S/C21H18N4O4/c26-18-12-6-4-10-16(18)22-24-21(15-8-2-1-3-9-15)25-23-17-11-5-7-13-19(17)29-14-20(27)28/h1-13,22,26H,14H2,(H,27,28). The minimum absolute atomic E-state index is 0.0491. The van der Waals surface area contributed by atoms with Crippen molar-refractivity contribution in [3.05, 3.63) is 84.4 Å². The number of hydrazone groups is 1. The van der Waals surface area contributed by atoms with Crippen LogP contribution in [0.4, 0.5) is 11.4 Å². The van der Waals surface area contributed by atoms with Crippen LogP contribution >= 0.6 is 0 Å². The molecule has 0 saturated carbocycles. The third-order valence-corrected chi connectivity index (χ3v) is 3.69. The highest BCUT2D eigenvalue weighted by molar-refractivity contribution is 5.99. The van der Waals surface area contributed by atoms with Gasteiger partial charge < -0.3 is 14.9 Å². The number of hydrogen-bond acceptors (Lipinski definition) is 6. The van der Waals surface area contributed by atoms with Crippen molar-refractivity contribution in [1.29, 1.82) is 0 Å². The van der Waals surface area contributed by atoms with E-state index in [4.69, 9.17) is 9.84 Å². The van der Waals surface area contributed by atoms with Crippen molar-refractivity contribution in [2.24, 2.45) is 15.3 Å². The Morgan fingerprint density at radius 2 is 1.62 bits per heavy atom. The van der Waals surface area contributed by atoms with Gasteiger partial charge in [0.1, 0.15) is 17.2 Å². The molecular weight excluding hydrogens is 372 g/mol. The number of anilines is 1. The van der Waals surface area contributed by atoms with Crippen LogP contribution in [0.3, 0.4) is 0 Å². The zero-order valence-electron chi connectivity index (χ0n) is 15.3. The number of carboxylic acids is 1. The zero-order valence-corrected chi connectivity index (χ0v) is 15.3. The Morgan fingerprint density at radius 1 is 0.931 bits per heavy atom. The minimum Gasteiger partial charge on any atom is -0.506 e. The van der Waals surface area contributed by atoms with Crippen molar-refractivity contribution in [2.75, 3.05) is 12.0 Å². The van der Waals surface area contributed by atoms with Crippen LogP contribution in [0.1, 0.15) is 5.56 Å². The van der Waals surface area contributed by atoms with Gasteiger partial charge in [-0.2, -0.15) is 5.10 Å². The van der Waals surface area contributed by atoms with E-state index in [2.05, 4.69) is 20.8 Å². The second-order valence-corrected chi connectivity index (χ2v) is 5.78. The highest BCUT2D eigenvalue weighted by atomic mass is 16.5. The lowest BCUT2D eigenvalue weighted by Gasteiger charge is -2.07. The average molecular weight is 390 g/mol. The Morgan fingerprint density at radius 3 is 2.38 bits per heavy atom. The second kappa shape index (κ2) is 9.65. The van der Waals surface area contributed by atoms with Gasteiger partial charge in [0.25, 0.3) is 0 Å². The molecular formula is C21H18N4O4. The molecule has 29 heavy (non-hydrogen) atoms. The van der Waals surface area contributed by atoms with E-state index < -0.39 is 12.6 Å². The van der Waals surface area contributed by atoms with E-state index >= 15 is 0 Å². The number of carboxylic acid groups (broad SMARTS) is 1. The van der Waals surface area contributed by atoms with Crippen LogP contribution in [-0.4, -0.2) is 28.6 Å². The summed E-state index contributed by atoms with van der Waals surface area (Å²) in [4.78, 5) is 10.8. The molecule has 0 atom stereocenters. The van der Waals surface area contributed by atoms with Gasteiger partial charge in [-0.15, -0.1) is 10.2 Å². The van der Waals surface area contributed by atoms with E-state index in [0.29, 0.717) is 22.7 Å². The van der Waals surface area contributed by atoms with Crippen molar-refractivity contribution in [3.8, 4) is 11.5 Å². The van der Waals surface area contributed by atoms with E-state index in [1.807, 2.05) is 30.3 Å². The summed E-state index contributed by atoms with van der Waals surface area (Å²) >= 11 is 0. The predicted octanol–water partition coefficient (Wildman–Crippen LogP) is 4.41. The second-order valence-electron chi connectivity index (χ2n) is 5.78. The first-order valence-electron chi connectivity index (χ1n) is 8.66. The van der Waals surface area contributed by atoms with Crippen LogP contribution in [0, 0.1) is 0 Å². The summed E-state index contributed by atoms with van der Waals surface area (Å²) in [5, 5.41) is 31.3. The van der Waals surface area contributed by atoms with Crippen molar-refractivity contribution >= 4 is 23.2 Å². The lowest BCUT2D eigenvalue weighted by Crippen LogP contribution is -2.09. The number of para-hydroxylation sites is 3. The number of azo groups is 1. The van der Waals surface area contributed by atoms with Crippen molar-refractivity contribution in [2.45, 2.75) is 0 Å². The van der Waals surface area contributed by atoms with Crippen LogP contribution in [0.15, 0.2) is 94.2 Å². The number of nitrogens with one attached hydrogen (secondary N) is 1. The highest BCUT2D eigenvalue weighted by Gasteiger charge is 2.07. The van der Waals surface area contributed by atoms with E-state index in [1.165, 1.54) is 6.07 Å². The molecule has 0 spiro atoms. The lowest BCUT2D eigenvalue weighted by atomic mass is 10.2. The monoisotopic (exact) mass is 390 g/mol. The summed E-state index contributed by atoms with van der Waals surface area (Å²) in [5.41, 5.74) is 4.25. The number of aliphatic carboxylic acids is 1. The van der Waals surface area contributed by atoms with Gasteiger partial charge in [0.15, 0.2) is 6.61 Å². The molecule has 0 unspecified atom stereocenters. The molecule has 0 aliphatic heterocycles. The first-order valence-corrected chi connectivity index (χ1v) is 8.66. The third-order valence-electron chi connectivity index (χ3n) is 3.69. The van der Waals surface area contributed by atoms with Crippen LogP contribution < -0.4 is 10.2 Å². The molecule has 0 radical (unpaired) electrons. The van der Waals surface area contributed by atoms with Gasteiger partial charge in [0.05, 0.1) is 5.69 Å². The number of nitrogens with zero attached hydrogens (tertiary/aromatic N) is 3. The van der Waals surface area contributed by atoms with Crippen molar-refractivity contribution < 1.29 is 19.7 Å². The molecule has 0 saturated heterocycles. The minimum atomic E-state index is -1.09. The fourth-order valence-electron chi connectivity index (χ4n) is 2.32. The van der Waals surface area contributed by atoms with Gasteiger partial charge >= 0.3 is 5.97 Å². The largest absolute Gasteiger partial charge is 0.506 e. The SMILES string of the molecule is O=C(O)COc1ccccc1N=NC(=NNc1ccccc1O)c1ccccc1. The van der Waals surface area contributed by atoms with E-state index in [0.717, 1.165) is 0 Å². The van der Waals surface area contributed by atoms with Crippen molar-refractivity contribution in [3.63, 3.8) is 0 Å². The molecule has 0 aromatic heterocycles. The first-order chi connectivity index (χ1) is 14.1. The smallest absolute Gasteiger partial charge is 0.341 e. The molecule has 3 N–H and O–H groups in total. The zero-order chi connectivity index (χ0) is 20.5. The molecule has 0 fully saturated rings. The molecule has 0 bridgehead atoms. The van der Waals surface area contributed by atoms with E-state index in [9.17, 15) is 9.90 Å². The molecule has 8 nitrogen and oxygen atoms in total. The third kappa shape index (κ3) is 5.64. The Labute approximate surface area is 166 Å².